The average molecular weight is 173 g/mol. The van der Waals surface area contributed by atoms with Crippen molar-refractivity contribution >= 4 is 5.78 Å². The van der Waals surface area contributed by atoms with E-state index in [9.17, 15) is 13.6 Å². The Morgan fingerprint density at radius 3 is 2.83 bits per heavy atom. The normalized spacial score (nSPS) is 25.3. The van der Waals surface area contributed by atoms with Gasteiger partial charge in [-0.3, -0.25) is 9.89 Å². The molecule has 1 fully saturated rings. The first kappa shape index (κ1) is 7.33. The van der Waals surface area contributed by atoms with Crippen LogP contribution in [0, 0.1) is 5.92 Å². The van der Waals surface area contributed by atoms with E-state index in [1.54, 1.807) is 0 Å². The molecule has 64 valence electrons. The second kappa shape index (κ2) is 2.09. The monoisotopic (exact) mass is 173 g/mol. The van der Waals surface area contributed by atoms with Gasteiger partial charge in [-0.05, 0) is 0 Å². The molecule has 1 saturated carbocycles. The summed E-state index contributed by atoms with van der Waals surface area (Å²) in [7, 11) is 0. The predicted octanol–water partition coefficient (Wildman–Crippen LogP) is 0.643. The van der Waals surface area contributed by atoms with Gasteiger partial charge >= 0.3 is 0 Å². The van der Waals surface area contributed by atoms with Crippen molar-refractivity contribution in [2.24, 2.45) is 5.92 Å². The molecule has 0 saturated heterocycles. The number of rotatable bonds is 2. The third kappa shape index (κ3) is 0.992. The molecule has 4 nitrogen and oxygen atoms in total. The van der Waals surface area contributed by atoms with Crippen LogP contribution >= 0.6 is 0 Å². The molecule has 1 heterocycles. The molecule has 1 aromatic rings. The maximum Gasteiger partial charge on any atom is 0.259 e. The molecule has 0 unspecified atom stereocenters. The molecule has 0 radical (unpaired) electrons. The summed E-state index contributed by atoms with van der Waals surface area (Å²) >= 11 is 0. The first-order chi connectivity index (χ1) is 5.61. The SMILES string of the molecule is O=C(c1ncn[nH]1)[C@@H]1CC1(F)F. The molecule has 0 aromatic carbocycles. The smallest absolute Gasteiger partial charge is 0.259 e. The summed E-state index contributed by atoms with van der Waals surface area (Å²) in [6, 6.07) is 0. The number of carbonyl (C=O) groups is 1. The zero-order valence-corrected chi connectivity index (χ0v) is 5.92. The highest BCUT2D eigenvalue weighted by molar-refractivity contribution is 5.97. The van der Waals surface area contributed by atoms with E-state index in [0.717, 1.165) is 6.33 Å². The molecule has 0 spiro atoms. The summed E-state index contributed by atoms with van der Waals surface area (Å²) in [5.74, 6) is -4.76. The van der Waals surface area contributed by atoms with Crippen LogP contribution in [0.5, 0.6) is 0 Å². The third-order valence-corrected chi connectivity index (χ3v) is 1.79. The number of Topliss-reactive ketones (excluding diaryl/α,β-unsaturated/α-hetero) is 1. The molecular weight excluding hydrogens is 168 g/mol. The van der Waals surface area contributed by atoms with Crippen LogP contribution in [0.1, 0.15) is 17.0 Å². The van der Waals surface area contributed by atoms with Crippen LogP contribution in [0.15, 0.2) is 6.33 Å². The van der Waals surface area contributed by atoms with Crippen LogP contribution in [-0.4, -0.2) is 26.9 Å². The minimum absolute atomic E-state index is 0.0859. The Kier molecular flexibility index (Phi) is 1.27. The summed E-state index contributed by atoms with van der Waals surface area (Å²) in [5.41, 5.74) is 0. The van der Waals surface area contributed by atoms with Gasteiger partial charge in [-0.15, -0.1) is 0 Å². The number of hydrogen-bond acceptors (Lipinski definition) is 3. The van der Waals surface area contributed by atoms with E-state index >= 15 is 0 Å². The van der Waals surface area contributed by atoms with Gasteiger partial charge < -0.3 is 0 Å². The molecule has 1 aliphatic carbocycles. The van der Waals surface area contributed by atoms with Gasteiger partial charge in [-0.2, -0.15) is 5.10 Å². The topological polar surface area (TPSA) is 58.6 Å². The van der Waals surface area contributed by atoms with Crippen molar-refractivity contribution in [1.82, 2.24) is 15.2 Å². The Labute approximate surface area is 66.0 Å². The predicted molar refractivity (Wildman–Crippen MR) is 33.8 cm³/mol. The Morgan fingerprint density at radius 2 is 2.42 bits per heavy atom. The Hall–Kier alpha value is -1.33. The maximum absolute atomic E-state index is 12.4. The standard InChI is InChI=1S/C6H5F2N3O/c7-6(8)1-3(6)4(12)5-9-2-10-11-5/h2-3H,1H2,(H,9,10,11)/t3-/m0/s1. The Bertz CT molecular complexity index is 309. The van der Waals surface area contributed by atoms with Gasteiger partial charge in [0.1, 0.15) is 6.33 Å². The van der Waals surface area contributed by atoms with E-state index in [1.807, 2.05) is 0 Å². The number of halogens is 2. The van der Waals surface area contributed by atoms with Crippen molar-refractivity contribution in [3.8, 4) is 0 Å². The first-order valence-electron chi connectivity index (χ1n) is 3.38. The fraction of sp³-hybridized carbons (Fsp3) is 0.500. The van der Waals surface area contributed by atoms with E-state index in [4.69, 9.17) is 0 Å². The third-order valence-electron chi connectivity index (χ3n) is 1.79. The summed E-state index contributed by atoms with van der Waals surface area (Å²) in [5, 5.41) is 5.65. The van der Waals surface area contributed by atoms with E-state index in [2.05, 4.69) is 15.2 Å². The lowest BCUT2D eigenvalue weighted by molar-refractivity contribution is 0.0749. The van der Waals surface area contributed by atoms with E-state index in [-0.39, 0.29) is 12.2 Å². The highest BCUT2D eigenvalue weighted by Crippen LogP contribution is 2.49. The average Bonchev–Trinajstić information content (AvgIpc) is 2.56. The number of aromatic amines is 1. The van der Waals surface area contributed by atoms with Crippen molar-refractivity contribution in [3.63, 3.8) is 0 Å². The summed E-state index contributed by atoms with van der Waals surface area (Å²) in [6.07, 6.45) is 0.750. The quantitative estimate of drug-likeness (QED) is 0.667. The second-order valence-corrected chi connectivity index (χ2v) is 2.72. The molecule has 1 atom stereocenters. The second-order valence-electron chi connectivity index (χ2n) is 2.72. The highest BCUT2D eigenvalue weighted by atomic mass is 19.3. The van der Waals surface area contributed by atoms with Crippen LogP contribution in [0.4, 0.5) is 8.78 Å². The van der Waals surface area contributed by atoms with Crippen LogP contribution in [0.25, 0.3) is 0 Å². The molecule has 12 heavy (non-hydrogen) atoms. The van der Waals surface area contributed by atoms with Crippen LogP contribution in [0.2, 0.25) is 0 Å². The lowest BCUT2D eigenvalue weighted by Crippen LogP contribution is -2.09. The Balaban J connectivity index is 2.14. The van der Waals surface area contributed by atoms with Gasteiger partial charge in [0.05, 0.1) is 5.92 Å². The number of ketones is 1. The largest absolute Gasteiger partial charge is 0.290 e. The first-order valence-corrected chi connectivity index (χ1v) is 3.38. The fourth-order valence-corrected chi connectivity index (χ4v) is 0.987. The minimum Gasteiger partial charge on any atom is -0.290 e. The van der Waals surface area contributed by atoms with Gasteiger partial charge in [0.25, 0.3) is 5.92 Å². The van der Waals surface area contributed by atoms with E-state index in [1.165, 1.54) is 0 Å². The number of carbonyl (C=O) groups excluding carboxylic acids is 1. The zero-order chi connectivity index (χ0) is 8.77. The molecule has 0 bridgehead atoms. The van der Waals surface area contributed by atoms with Gasteiger partial charge in [0.2, 0.25) is 5.78 Å². The molecule has 2 rings (SSSR count). The minimum atomic E-state index is -2.83. The lowest BCUT2D eigenvalue weighted by atomic mass is 10.2. The molecule has 1 aliphatic rings. The van der Waals surface area contributed by atoms with Crippen LogP contribution < -0.4 is 0 Å². The molecule has 0 aliphatic heterocycles. The number of alkyl halides is 2. The van der Waals surface area contributed by atoms with Gasteiger partial charge in [0, 0.05) is 6.42 Å². The zero-order valence-electron chi connectivity index (χ0n) is 5.92. The highest BCUT2D eigenvalue weighted by Gasteiger charge is 2.61. The van der Waals surface area contributed by atoms with Crippen LogP contribution in [0.3, 0.4) is 0 Å². The molecule has 6 heteroatoms. The van der Waals surface area contributed by atoms with Crippen molar-refractivity contribution in [1.29, 1.82) is 0 Å². The molecule has 0 amide bonds. The van der Waals surface area contributed by atoms with Crippen molar-refractivity contribution < 1.29 is 13.6 Å². The number of nitrogens with zero attached hydrogens (tertiary/aromatic N) is 2. The number of nitrogens with one attached hydrogen (secondary N) is 1. The van der Waals surface area contributed by atoms with E-state index in [0.29, 0.717) is 0 Å². The molecule has 1 N–H and O–H groups in total. The van der Waals surface area contributed by atoms with Crippen molar-refractivity contribution in [3.05, 3.63) is 12.2 Å². The molecule has 1 aromatic heterocycles. The van der Waals surface area contributed by atoms with Crippen LogP contribution in [-0.2, 0) is 0 Å². The lowest BCUT2D eigenvalue weighted by Gasteiger charge is -1.92. The fourth-order valence-electron chi connectivity index (χ4n) is 0.987. The maximum atomic E-state index is 12.4. The number of hydrogen-bond donors (Lipinski definition) is 1. The Morgan fingerprint density at radius 1 is 1.75 bits per heavy atom. The summed E-state index contributed by atoms with van der Waals surface area (Å²) < 4.78 is 24.7. The van der Waals surface area contributed by atoms with Gasteiger partial charge in [-0.1, -0.05) is 0 Å². The summed E-state index contributed by atoms with van der Waals surface area (Å²) in [6.45, 7) is 0. The van der Waals surface area contributed by atoms with Gasteiger partial charge in [0.15, 0.2) is 5.82 Å². The number of H-pyrrole nitrogens is 1. The molecular formula is C6H5F2N3O. The van der Waals surface area contributed by atoms with Crippen molar-refractivity contribution in [2.45, 2.75) is 12.3 Å². The summed E-state index contributed by atoms with van der Waals surface area (Å²) in [4.78, 5) is 14.6. The van der Waals surface area contributed by atoms with Gasteiger partial charge in [-0.25, -0.2) is 13.8 Å². The van der Waals surface area contributed by atoms with Crippen molar-refractivity contribution in [2.75, 3.05) is 0 Å². The van der Waals surface area contributed by atoms with E-state index < -0.39 is 17.6 Å². The number of aromatic nitrogens is 3.